The molecule has 2 aliphatic rings. The fourth-order valence-electron chi connectivity index (χ4n) is 3.67. The summed E-state index contributed by atoms with van der Waals surface area (Å²) in [5.41, 5.74) is 7.92. The molecule has 1 unspecified atom stereocenters. The number of nitrogens with two attached hydrogens (primary N) is 1. The second kappa shape index (κ2) is 5.49. The van der Waals surface area contributed by atoms with E-state index in [4.69, 9.17) is 5.73 Å². The molecule has 1 saturated carbocycles. The van der Waals surface area contributed by atoms with Gasteiger partial charge in [0.1, 0.15) is 0 Å². The number of hydrogen-bond donors (Lipinski definition) is 1. The van der Waals surface area contributed by atoms with E-state index < -0.39 is 0 Å². The highest BCUT2D eigenvalue weighted by molar-refractivity contribution is 9.10. The molecule has 1 aromatic carbocycles. The number of amides is 1. The number of carbonyl (C=O) groups is 1. The topological polar surface area (TPSA) is 46.3 Å². The van der Waals surface area contributed by atoms with E-state index in [1.165, 1.54) is 6.42 Å². The lowest BCUT2D eigenvalue weighted by Crippen LogP contribution is -2.32. The van der Waals surface area contributed by atoms with Crippen LogP contribution in [0, 0.1) is 18.8 Å². The summed E-state index contributed by atoms with van der Waals surface area (Å²) in [6.45, 7) is 3.79. The Labute approximate surface area is 128 Å². The summed E-state index contributed by atoms with van der Waals surface area (Å²) in [7, 11) is 0. The molecule has 1 amide bonds. The van der Waals surface area contributed by atoms with Gasteiger partial charge in [0.15, 0.2) is 0 Å². The summed E-state index contributed by atoms with van der Waals surface area (Å²) in [6, 6.07) is 6.21. The van der Waals surface area contributed by atoms with Crippen LogP contribution in [0.15, 0.2) is 22.7 Å². The zero-order chi connectivity index (χ0) is 14.3. The van der Waals surface area contributed by atoms with Gasteiger partial charge in [-0.2, -0.15) is 0 Å². The van der Waals surface area contributed by atoms with Crippen molar-refractivity contribution in [1.29, 1.82) is 0 Å². The summed E-state index contributed by atoms with van der Waals surface area (Å²) in [6.07, 6.45) is 3.36. The van der Waals surface area contributed by atoms with Crippen LogP contribution in [0.4, 0.5) is 0 Å². The van der Waals surface area contributed by atoms with Crippen LogP contribution in [0.5, 0.6) is 0 Å². The first-order valence-electron chi connectivity index (χ1n) is 7.35. The molecule has 1 aliphatic heterocycles. The van der Waals surface area contributed by atoms with Gasteiger partial charge in [0.25, 0.3) is 5.91 Å². The first kappa shape index (κ1) is 14.1. The number of likely N-dealkylation sites (tertiary alicyclic amines) is 1. The van der Waals surface area contributed by atoms with Crippen LogP contribution in [0.3, 0.4) is 0 Å². The van der Waals surface area contributed by atoms with Crippen LogP contribution in [0.25, 0.3) is 0 Å². The van der Waals surface area contributed by atoms with Gasteiger partial charge in [0.05, 0.1) is 0 Å². The van der Waals surface area contributed by atoms with Crippen molar-refractivity contribution in [3.8, 4) is 0 Å². The molecule has 20 heavy (non-hydrogen) atoms. The van der Waals surface area contributed by atoms with E-state index in [-0.39, 0.29) is 5.91 Å². The third-order valence-electron chi connectivity index (χ3n) is 4.80. The molecule has 3 atom stereocenters. The normalized spacial score (nSPS) is 29.4. The van der Waals surface area contributed by atoms with Crippen molar-refractivity contribution >= 4 is 21.8 Å². The smallest absolute Gasteiger partial charge is 0.254 e. The van der Waals surface area contributed by atoms with Crippen LogP contribution >= 0.6 is 15.9 Å². The number of hydrogen-bond acceptors (Lipinski definition) is 2. The largest absolute Gasteiger partial charge is 0.338 e. The van der Waals surface area contributed by atoms with Crippen molar-refractivity contribution in [3.05, 3.63) is 33.8 Å². The molecule has 4 heteroatoms. The zero-order valence-electron chi connectivity index (χ0n) is 11.8. The lowest BCUT2D eigenvalue weighted by Gasteiger charge is -2.27. The highest BCUT2D eigenvalue weighted by Crippen LogP contribution is 2.36. The van der Waals surface area contributed by atoms with E-state index in [9.17, 15) is 4.79 Å². The number of fused-ring (bicyclic) bond motifs is 1. The summed E-state index contributed by atoms with van der Waals surface area (Å²) < 4.78 is 1.02. The third-order valence-corrected chi connectivity index (χ3v) is 5.29. The van der Waals surface area contributed by atoms with Gasteiger partial charge in [0.2, 0.25) is 0 Å². The molecule has 1 saturated heterocycles. The fraction of sp³-hybridized carbons (Fsp3) is 0.562. The number of aryl methyl sites for hydroxylation is 1. The van der Waals surface area contributed by atoms with E-state index >= 15 is 0 Å². The minimum Gasteiger partial charge on any atom is -0.338 e. The Kier molecular flexibility index (Phi) is 3.87. The second-order valence-corrected chi connectivity index (χ2v) is 7.18. The van der Waals surface area contributed by atoms with Crippen LogP contribution in [-0.2, 0) is 0 Å². The Morgan fingerprint density at radius 2 is 2.05 bits per heavy atom. The van der Waals surface area contributed by atoms with Gasteiger partial charge >= 0.3 is 0 Å². The lowest BCUT2D eigenvalue weighted by atomic mass is 9.79. The van der Waals surface area contributed by atoms with E-state index in [1.54, 1.807) is 0 Å². The molecule has 0 aromatic heterocycles. The van der Waals surface area contributed by atoms with E-state index in [0.717, 1.165) is 41.5 Å². The Morgan fingerprint density at radius 1 is 1.30 bits per heavy atom. The maximum absolute atomic E-state index is 12.7. The highest BCUT2D eigenvalue weighted by atomic mass is 79.9. The second-order valence-electron chi connectivity index (χ2n) is 6.26. The summed E-state index contributed by atoms with van der Waals surface area (Å²) in [5, 5.41) is 0. The molecule has 1 aliphatic carbocycles. The maximum atomic E-state index is 12.7. The molecular weight excluding hydrogens is 316 g/mol. The number of nitrogens with zero attached hydrogens (tertiary/aromatic N) is 1. The van der Waals surface area contributed by atoms with Gasteiger partial charge in [-0.3, -0.25) is 4.79 Å². The molecule has 1 heterocycles. The van der Waals surface area contributed by atoms with Gasteiger partial charge in [-0.25, -0.2) is 0 Å². The van der Waals surface area contributed by atoms with Crippen LogP contribution in [-0.4, -0.2) is 29.9 Å². The van der Waals surface area contributed by atoms with Crippen molar-refractivity contribution in [3.63, 3.8) is 0 Å². The monoisotopic (exact) mass is 336 g/mol. The van der Waals surface area contributed by atoms with Gasteiger partial charge in [0, 0.05) is 29.2 Å². The SMILES string of the molecule is Cc1cc(Br)ccc1C(=O)N1C[C@H]2CCC(N)C[C@H]2C1. The summed E-state index contributed by atoms with van der Waals surface area (Å²) in [4.78, 5) is 14.7. The van der Waals surface area contributed by atoms with Crippen molar-refractivity contribution in [1.82, 2.24) is 4.90 Å². The summed E-state index contributed by atoms with van der Waals surface area (Å²) >= 11 is 3.45. The molecule has 1 aromatic rings. The predicted molar refractivity (Wildman–Crippen MR) is 83.6 cm³/mol. The molecule has 3 nitrogen and oxygen atoms in total. The van der Waals surface area contributed by atoms with Crippen molar-refractivity contribution in [2.75, 3.05) is 13.1 Å². The molecule has 0 radical (unpaired) electrons. The Hall–Kier alpha value is -0.870. The average molecular weight is 337 g/mol. The molecule has 3 rings (SSSR count). The lowest BCUT2D eigenvalue weighted by molar-refractivity contribution is 0.0783. The third kappa shape index (κ3) is 2.63. The highest BCUT2D eigenvalue weighted by Gasteiger charge is 2.38. The van der Waals surface area contributed by atoms with Crippen LogP contribution in [0.2, 0.25) is 0 Å². The minimum absolute atomic E-state index is 0.179. The number of benzene rings is 1. The van der Waals surface area contributed by atoms with Crippen molar-refractivity contribution < 1.29 is 4.79 Å². The summed E-state index contributed by atoms with van der Waals surface area (Å²) in [5.74, 6) is 1.45. The van der Waals surface area contributed by atoms with E-state index in [2.05, 4.69) is 15.9 Å². The average Bonchev–Trinajstić information content (AvgIpc) is 2.81. The first-order chi connectivity index (χ1) is 9.54. The number of rotatable bonds is 1. The Balaban J connectivity index is 1.75. The van der Waals surface area contributed by atoms with Crippen LogP contribution < -0.4 is 5.73 Å². The first-order valence-corrected chi connectivity index (χ1v) is 8.15. The standard InChI is InChI=1S/C16H21BrN2O/c1-10-6-13(17)3-5-15(10)16(20)19-8-11-2-4-14(18)7-12(11)9-19/h3,5-6,11-12,14H,2,4,7-9,18H2,1H3/t11-,12+,14?/m1/s1. The fourth-order valence-corrected chi connectivity index (χ4v) is 4.15. The molecule has 108 valence electrons. The predicted octanol–water partition coefficient (Wildman–Crippen LogP) is 2.96. The molecule has 0 bridgehead atoms. The number of carbonyl (C=O) groups excluding carboxylic acids is 1. The molecule has 2 N–H and O–H groups in total. The van der Waals surface area contributed by atoms with Crippen LogP contribution in [0.1, 0.15) is 35.2 Å². The molecule has 2 fully saturated rings. The van der Waals surface area contributed by atoms with Gasteiger partial charge in [-0.15, -0.1) is 0 Å². The maximum Gasteiger partial charge on any atom is 0.254 e. The quantitative estimate of drug-likeness (QED) is 0.856. The van der Waals surface area contributed by atoms with E-state index in [1.807, 2.05) is 30.0 Å². The Morgan fingerprint density at radius 3 is 2.80 bits per heavy atom. The van der Waals surface area contributed by atoms with Gasteiger partial charge in [-0.1, -0.05) is 15.9 Å². The minimum atomic E-state index is 0.179. The molecule has 0 spiro atoms. The van der Waals surface area contributed by atoms with E-state index in [0.29, 0.717) is 17.9 Å². The van der Waals surface area contributed by atoms with Gasteiger partial charge in [-0.05, 0) is 61.8 Å². The Bertz CT molecular complexity index is 531. The van der Waals surface area contributed by atoms with Crippen molar-refractivity contribution in [2.24, 2.45) is 17.6 Å². The zero-order valence-corrected chi connectivity index (χ0v) is 13.4. The molecular formula is C16H21BrN2O. The number of halogens is 1. The van der Waals surface area contributed by atoms with Gasteiger partial charge < -0.3 is 10.6 Å². The van der Waals surface area contributed by atoms with Crippen molar-refractivity contribution in [2.45, 2.75) is 32.2 Å².